The van der Waals surface area contributed by atoms with E-state index in [4.69, 9.17) is 12.2 Å². The predicted octanol–water partition coefficient (Wildman–Crippen LogP) is 3.92. The predicted molar refractivity (Wildman–Crippen MR) is 133 cm³/mol. The number of aryl methyl sites for hydroxylation is 1. The van der Waals surface area contributed by atoms with Gasteiger partial charge in [0.2, 0.25) is 5.91 Å². The number of thioether (sulfide) groups is 1. The van der Waals surface area contributed by atoms with E-state index < -0.39 is 5.91 Å². The number of para-hydroxylation sites is 1. The monoisotopic (exact) mass is 483 g/mol. The van der Waals surface area contributed by atoms with E-state index in [0.717, 1.165) is 17.5 Å². The van der Waals surface area contributed by atoms with Gasteiger partial charge in [0.1, 0.15) is 10.1 Å². The molecule has 0 radical (unpaired) electrons. The minimum atomic E-state index is -0.588. The van der Waals surface area contributed by atoms with Gasteiger partial charge in [0.05, 0.1) is 10.5 Å². The van der Waals surface area contributed by atoms with Crippen LogP contribution in [0.25, 0.3) is 6.08 Å². The molecular weight excluding hydrogens is 458 g/mol. The molecule has 2 aromatic rings. The van der Waals surface area contributed by atoms with Crippen molar-refractivity contribution in [2.75, 3.05) is 6.54 Å². The lowest BCUT2D eigenvalue weighted by atomic mass is 10.1. The molecule has 172 valence electrons. The fraction of sp³-hybridized carbons (Fsp3) is 0.250. The molecule has 3 N–H and O–H groups in total. The van der Waals surface area contributed by atoms with E-state index in [1.54, 1.807) is 17.0 Å². The quantitative estimate of drug-likeness (QED) is 0.228. The topological polar surface area (TPSA) is 98.7 Å². The maximum Gasteiger partial charge on any atom is 0.273 e. The molecule has 1 fully saturated rings. The molecular formula is C24H25N3O4S2. The number of hydrogen-bond acceptors (Lipinski definition) is 6. The number of hydrazine groups is 1. The average Bonchev–Trinajstić information content (AvgIpc) is 3.06. The largest absolute Gasteiger partial charge is 0.507 e. The number of nitrogens with zero attached hydrogens (tertiary/aromatic N) is 1. The highest BCUT2D eigenvalue weighted by Gasteiger charge is 2.31. The van der Waals surface area contributed by atoms with Gasteiger partial charge >= 0.3 is 0 Å². The number of rotatable bonds is 8. The van der Waals surface area contributed by atoms with Crippen molar-refractivity contribution in [2.24, 2.45) is 0 Å². The Hall–Kier alpha value is -3.17. The molecule has 1 aliphatic rings. The Morgan fingerprint density at radius 1 is 1.06 bits per heavy atom. The summed E-state index contributed by atoms with van der Waals surface area (Å²) in [5.74, 6) is -1.16. The van der Waals surface area contributed by atoms with Crippen molar-refractivity contribution in [2.45, 2.75) is 32.6 Å². The number of phenolic OH excluding ortho intramolecular Hbond substituents is 1. The maximum atomic E-state index is 12.7. The molecule has 0 saturated carbocycles. The van der Waals surface area contributed by atoms with Crippen LogP contribution in [0, 0.1) is 6.92 Å². The van der Waals surface area contributed by atoms with Gasteiger partial charge in [0.25, 0.3) is 11.8 Å². The Morgan fingerprint density at radius 3 is 2.52 bits per heavy atom. The summed E-state index contributed by atoms with van der Waals surface area (Å²) in [5, 5.41) is 9.66. The van der Waals surface area contributed by atoms with Crippen LogP contribution < -0.4 is 10.9 Å². The summed E-state index contributed by atoms with van der Waals surface area (Å²) in [7, 11) is 0. The number of carbonyl (C=O) groups excluding carboxylic acids is 3. The van der Waals surface area contributed by atoms with E-state index in [9.17, 15) is 19.5 Å². The summed E-state index contributed by atoms with van der Waals surface area (Å²) in [6.45, 7) is 2.51. The Bertz CT molecular complexity index is 1080. The summed E-state index contributed by atoms with van der Waals surface area (Å²) in [5.41, 5.74) is 6.83. The second-order valence-corrected chi connectivity index (χ2v) is 9.25. The number of nitrogens with one attached hydrogen (secondary N) is 2. The van der Waals surface area contributed by atoms with E-state index in [1.165, 1.54) is 23.9 Å². The molecule has 0 spiro atoms. The van der Waals surface area contributed by atoms with Crippen LogP contribution in [0.15, 0.2) is 53.4 Å². The van der Waals surface area contributed by atoms with Crippen LogP contribution in [0.3, 0.4) is 0 Å². The standard InChI is InChI=1S/C24H25N3O4S2/c1-16-10-12-17(13-11-16)15-20-23(31)27(24(32)33-20)14-6-2-3-9-21(29)25-26-22(30)18-7-4-5-8-19(18)28/h4-5,7-8,10-13,15,28H,2-3,6,9,14H2,1H3,(H,25,29)(H,26,30). The number of aromatic hydroxyl groups is 1. The van der Waals surface area contributed by atoms with E-state index in [2.05, 4.69) is 10.9 Å². The molecule has 0 aromatic heterocycles. The Morgan fingerprint density at radius 2 is 1.79 bits per heavy atom. The van der Waals surface area contributed by atoms with Crippen molar-refractivity contribution in [1.29, 1.82) is 0 Å². The number of unbranched alkanes of at least 4 members (excludes halogenated alkanes) is 2. The number of carbonyl (C=O) groups is 3. The molecule has 0 atom stereocenters. The zero-order valence-corrected chi connectivity index (χ0v) is 19.8. The molecule has 9 heteroatoms. The molecule has 3 amide bonds. The second kappa shape index (κ2) is 11.6. The van der Waals surface area contributed by atoms with Gasteiger partial charge in [-0.15, -0.1) is 0 Å². The minimum Gasteiger partial charge on any atom is -0.507 e. The zero-order chi connectivity index (χ0) is 23.8. The molecule has 1 saturated heterocycles. The van der Waals surface area contributed by atoms with Crippen molar-refractivity contribution in [3.05, 3.63) is 70.1 Å². The van der Waals surface area contributed by atoms with Gasteiger partial charge in [0, 0.05) is 13.0 Å². The SMILES string of the molecule is Cc1ccc(C=C2SC(=S)N(CCCCCC(=O)NNC(=O)c3ccccc3O)C2=O)cc1. The second-order valence-electron chi connectivity index (χ2n) is 7.57. The van der Waals surface area contributed by atoms with Gasteiger partial charge in [0.15, 0.2) is 0 Å². The van der Waals surface area contributed by atoms with E-state index >= 15 is 0 Å². The minimum absolute atomic E-state index is 0.0812. The van der Waals surface area contributed by atoms with Crippen molar-refractivity contribution in [3.8, 4) is 5.75 Å². The van der Waals surface area contributed by atoms with Crippen molar-refractivity contribution in [3.63, 3.8) is 0 Å². The van der Waals surface area contributed by atoms with E-state index in [1.807, 2.05) is 37.3 Å². The van der Waals surface area contributed by atoms with Gasteiger partial charge in [-0.05, 0) is 43.5 Å². The van der Waals surface area contributed by atoms with Crippen molar-refractivity contribution in [1.82, 2.24) is 15.8 Å². The lowest BCUT2D eigenvalue weighted by Crippen LogP contribution is -2.41. The first-order valence-corrected chi connectivity index (χ1v) is 11.8. The normalized spacial score (nSPS) is 14.6. The molecule has 3 rings (SSSR count). The third-order valence-electron chi connectivity index (χ3n) is 5.00. The van der Waals surface area contributed by atoms with Crippen LogP contribution in [0.1, 0.15) is 47.2 Å². The Balaban J connectivity index is 1.36. The van der Waals surface area contributed by atoms with Crippen LogP contribution >= 0.6 is 24.0 Å². The summed E-state index contributed by atoms with van der Waals surface area (Å²) in [4.78, 5) is 38.8. The molecule has 0 bridgehead atoms. The Kier molecular flexibility index (Phi) is 8.62. The first-order chi connectivity index (χ1) is 15.8. The molecule has 7 nitrogen and oxygen atoms in total. The summed E-state index contributed by atoms with van der Waals surface area (Å²) in [6, 6.07) is 14.0. The fourth-order valence-electron chi connectivity index (χ4n) is 3.16. The smallest absolute Gasteiger partial charge is 0.273 e. The third-order valence-corrected chi connectivity index (χ3v) is 6.38. The molecule has 1 heterocycles. The number of amides is 3. The average molecular weight is 484 g/mol. The van der Waals surface area contributed by atoms with E-state index in [0.29, 0.717) is 28.6 Å². The fourth-order valence-corrected chi connectivity index (χ4v) is 4.47. The van der Waals surface area contributed by atoms with Crippen LogP contribution in [-0.2, 0) is 9.59 Å². The van der Waals surface area contributed by atoms with Crippen molar-refractivity contribution >= 4 is 52.1 Å². The lowest BCUT2D eigenvalue weighted by Gasteiger charge is -2.14. The first kappa shape index (κ1) is 24.5. The van der Waals surface area contributed by atoms with Crippen LogP contribution in [0.4, 0.5) is 0 Å². The van der Waals surface area contributed by atoms with Crippen LogP contribution in [0.5, 0.6) is 5.75 Å². The van der Waals surface area contributed by atoms with Gasteiger partial charge < -0.3 is 5.11 Å². The molecule has 1 aliphatic heterocycles. The maximum absolute atomic E-state index is 12.7. The van der Waals surface area contributed by atoms with Crippen molar-refractivity contribution < 1.29 is 19.5 Å². The van der Waals surface area contributed by atoms with Gasteiger partial charge in [-0.25, -0.2) is 0 Å². The first-order valence-electron chi connectivity index (χ1n) is 10.5. The summed E-state index contributed by atoms with van der Waals surface area (Å²) in [6.07, 6.45) is 4.13. The number of benzene rings is 2. The highest BCUT2D eigenvalue weighted by atomic mass is 32.2. The number of thiocarbonyl (C=S) groups is 1. The number of phenols is 1. The van der Waals surface area contributed by atoms with Gasteiger partial charge in [-0.1, -0.05) is 72.4 Å². The van der Waals surface area contributed by atoms with Crippen LogP contribution in [0.2, 0.25) is 0 Å². The number of hydrogen-bond donors (Lipinski definition) is 3. The third kappa shape index (κ3) is 6.90. The Labute approximate surface area is 202 Å². The summed E-state index contributed by atoms with van der Waals surface area (Å²) >= 11 is 6.67. The lowest BCUT2D eigenvalue weighted by molar-refractivity contribution is -0.123. The molecule has 0 aliphatic carbocycles. The van der Waals surface area contributed by atoms with Crippen LogP contribution in [-0.4, -0.2) is 38.6 Å². The van der Waals surface area contributed by atoms with Gasteiger partial charge in [-0.3, -0.25) is 30.1 Å². The molecule has 2 aromatic carbocycles. The molecule has 33 heavy (non-hydrogen) atoms. The summed E-state index contributed by atoms with van der Waals surface area (Å²) < 4.78 is 0.544. The van der Waals surface area contributed by atoms with Gasteiger partial charge in [-0.2, -0.15) is 0 Å². The van der Waals surface area contributed by atoms with E-state index in [-0.39, 0.29) is 29.5 Å². The highest BCUT2D eigenvalue weighted by Crippen LogP contribution is 2.32. The molecule has 0 unspecified atom stereocenters. The zero-order valence-electron chi connectivity index (χ0n) is 18.2. The highest BCUT2D eigenvalue weighted by molar-refractivity contribution is 8.26.